The minimum Gasteiger partial charge on any atom is -0.396 e. The molecule has 3 amide bonds. The van der Waals surface area contributed by atoms with E-state index in [0.29, 0.717) is 13.0 Å². The minimum absolute atomic E-state index is 0.0775. The Morgan fingerprint density at radius 3 is 2.33 bits per heavy atom. The number of aliphatic hydroxyl groups is 1. The van der Waals surface area contributed by atoms with E-state index in [2.05, 4.69) is 16.0 Å². The number of hydrogen-bond acceptors (Lipinski definition) is 4. The fraction of sp³-hybridized carbons (Fsp3) is 0.250. The Morgan fingerprint density at radius 2 is 1.63 bits per heavy atom. The lowest BCUT2D eigenvalue weighted by atomic mass is 10.1. The van der Waals surface area contributed by atoms with Crippen molar-refractivity contribution in [1.82, 2.24) is 10.6 Å². The topological polar surface area (TPSA) is 108 Å². The third-order valence-electron chi connectivity index (χ3n) is 3.82. The second-order valence-corrected chi connectivity index (χ2v) is 6.00. The van der Waals surface area contributed by atoms with Crippen molar-refractivity contribution in [1.29, 1.82) is 0 Å². The number of carbonyl (C=O) groups excluding carboxylic acids is 3. The average Bonchev–Trinajstić information content (AvgIpc) is 2.67. The lowest BCUT2D eigenvalue weighted by molar-refractivity contribution is -0.136. The van der Waals surface area contributed by atoms with E-state index in [0.717, 1.165) is 11.1 Å². The molecule has 27 heavy (non-hydrogen) atoms. The summed E-state index contributed by atoms with van der Waals surface area (Å²) in [6, 6.07) is 14.3. The zero-order chi connectivity index (χ0) is 19.6. The first-order chi connectivity index (χ1) is 13.0. The molecule has 0 aliphatic carbocycles. The normalized spacial score (nSPS) is 10.1. The van der Waals surface area contributed by atoms with Crippen LogP contribution in [-0.2, 0) is 16.1 Å². The van der Waals surface area contributed by atoms with E-state index in [1.165, 1.54) is 0 Å². The van der Waals surface area contributed by atoms with Crippen LogP contribution in [0.5, 0.6) is 0 Å². The molecule has 0 aliphatic rings. The van der Waals surface area contributed by atoms with Crippen LogP contribution in [0.2, 0.25) is 0 Å². The van der Waals surface area contributed by atoms with Gasteiger partial charge in [-0.15, -0.1) is 0 Å². The number of aryl methyl sites for hydroxylation is 1. The molecule has 142 valence electrons. The lowest BCUT2D eigenvalue weighted by Crippen LogP contribution is -2.36. The van der Waals surface area contributed by atoms with Crippen LogP contribution >= 0.6 is 0 Å². The van der Waals surface area contributed by atoms with Crippen molar-refractivity contribution in [3.8, 4) is 0 Å². The number of nitrogens with one attached hydrogen (secondary N) is 3. The number of aliphatic hydroxyl groups excluding tert-OH is 1. The van der Waals surface area contributed by atoms with Crippen LogP contribution in [0.4, 0.5) is 5.69 Å². The van der Waals surface area contributed by atoms with Gasteiger partial charge in [-0.05, 0) is 31.0 Å². The zero-order valence-electron chi connectivity index (χ0n) is 15.1. The molecule has 0 bridgehead atoms. The number of amides is 3. The molecule has 0 fully saturated rings. The Morgan fingerprint density at radius 1 is 0.926 bits per heavy atom. The molecular formula is C20H23N3O4. The molecule has 0 saturated heterocycles. The van der Waals surface area contributed by atoms with Gasteiger partial charge in [0.1, 0.15) is 0 Å². The van der Waals surface area contributed by atoms with Crippen molar-refractivity contribution in [2.24, 2.45) is 0 Å². The molecule has 2 aromatic rings. The largest absolute Gasteiger partial charge is 0.396 e. The summed E-state index contributed by atoms with van der Waals surface area (Å²) in [5, 5.41) is 16.3. The van der Waals surface area contributed by atoms with Crippen LogP contribution in [0.15, 0.2) is 48.5 Å². The van der Waals surface area contributed by atoms with Gasteiger partial charge < -0.3 is 21.1 Å². The maximum absolute atomic E-state index is 12.5. The van der Waals surface area contributed by atoms with Gasteiger partial charge in [-0.1, -0.05) is 42.0 Å². The maximum atomic E-state index is 12.5. The molecule has 0 aliphatic heterocycles. The number of para-hydroxylation sites is 1. The van der Waals surface area contributed by atoms with Crippen molar-refractivity contribution < 1.29 is 19.5 Å². The quantitative estimate of drug-likeness (QED) is 0.437. The third-order valence-corrected chi connectivity index (χ3v) is 3.82. The predicted octanol–water partition coefficient (Wildman–Crippen LogP) is 1.36. The Balaban J connectivity index is 1.99. The van der Waals surface area contributed by atoms with Gasteiger partial charge in [0, 0.05) is 19.7 Å². The molecule has 0 atom stereocenters. The summed E-state index contributed by atoms with van der Waals surface area (Å²) >= 11 is 0. The van der Waals surface area contributed by atoms with Crippen molar-refractivity contribution in [3.05, 3.63) is 65.2 Å². The van der Waals surface area contributed by atoms with Crippen LogP contribution < -0.4 is 16.0 Å². The highest BCUT2D eigenvalue weighted by molar-refractivity contribution is 6.40. The highest BCUT2D eigenvalue weighted by atomic mass is 16.3. The Bertz CT molecular complexity index is 803. The Hall–Kier alpha value is -3.19. The summed E-state index contributed by atoms with van der Waals surface area (Å²) in [6.07, 6.45) is 0.358. The van der Waals surface area contributed by atoms with Gasteiger partial charge in [0.2, 0.25) is 0 Å². The second-order valence-electron chi connectivity index (χ2n) is 6.00. The van der Waals surface area contributed by atoms with Crippen LogP contribution in [-0.4, -0.2) is 36.0 Å². The molecule has 2 aromatic carbocycles. The molecular weight excluding hydrogens is 346 g/mol. The van der Waals surface area contributed by atoms with Gasteiger partial charge in [-0.25, -0.2) is 0 Å². The monoisotopic (exact) mass is 369 g/mol. The van der Waals surface area contributed by atoms with Crippen LogP contribution in [0.1, 0.15) is 27.9 Å². The first-order valence-corrected chi connectivity index (χ1v) is 8.64. The average molecular weight is 369 g/mol. The molecule has 7 nitrogen and oxygen atoms in total. The lowest BCUT2D eigenvalue weighted by Gasteiger charge is -2.11. The van der Waals surface area contributed by atoms with Gasteiger partial charge in [-0.2, -0.15) is 0 Å². The molecule has 0 unspecified atom stereocenters. The molecule has 0 spiro atoms. The van der Waals surface area contributed by atoms with E-state index in [-0.39, 0.29) is 30.3 Å². The van der Waals surface area contributed by atoms with Gasteiger partial charge in [0.25, 0.3) is 5.91 Å². The van der Waals surface area contributed by atoms with Crippen LogP contribution in [0.25, 0.3) is 0 Å². The molecule has 2 rings (SSSR count). The Kier molecular flexibility index (Phi) is 7.51. The number of carbonyl (C=O) groups is 3. The molecule has 0 saturated carbocycles. The van der Waals surface area contributed by atoms with E-state index in [1.807, 2.05) is 31.2 Å². The summed E-state index contributed by atoms with van der Waals surface area (Å²) < 4.78 is 0. The van der Waals surface area contributed by atoms with E-state index < -0.39 is 11.8 Å². The van der Waals surface area contributed by atoms with Crippen LogP contribution in [0, 0.1) is 6.92 Å². The molecule has 0 heterocycles. The van der Waals surface area contributed by atoms with Gasteiger partial charge in [-0.3, -0.25) is 14.4 Å². The molecule has 4 N–H and O–H groups in total. The van der Waals surface area contributed by atoms with Gasteiger partial charge in [0.15, 0.2) is 0 Å². The first kappa shape index (κ1) is 20.1. The van der Waals surface area contributed by atoms with E-state index >= 15 is 0 Å². The minimum atomic E-state index is -0.869. The van der Waals surface area contributed by atoms with E-state index in [4.69, 9.17) is 5.11 Å². The van der Waals surface area contributed by atoms with Crippen molar-refractivity contribution in [2.75, 3.05) is 18.5 Å². The smallest absolute Gasteiger partial charge is 0.313 e. The fourth-order valence-electron chi connectivity index (χ4n) is 2.31. The molecule has 7 heteroatoms. The number of rotatable bonds is 7. The highest BCUT2D eigenvalue weighted by Crippen LogP contribution is 2.15. The summed E-state index contributed by atoms with van der Waals surface area (Å²) in [5.74, 6) is -2.04. The number of hydrogen-bond donors (Lipinski definition) is 4. The summed E-state index contributed by atoms with van der Waals surface area (Å²) in [5.41, 5.74) is 2.61. The number of anilines is 1. The van der Waals surface area contributed by atoms with Crippen molar-refractivity contribution in [3.63, 3.8) is 0 Å². The number of benzene rings is 2. The first-order valence-electron chi connectivity index (χ1n) is 8.64. The third kappa shape index (κ3) is 6.23. The predicted molar refractivity (Wildman–Crippen MR) is 102 cm³/mol. The Labute approximate surface area is 157 Å². The van der Waals surface area contributed by atoms with Crippen molar-refractivity contribution in [2.45, 2.75) is 19.9 Å². The SMILES string of the molecule is Cc1ccc(CNC(=O)c2ccccc2NC(=O)C(=O)NCCCO)cc1. The molecule has 0 radical (unpaired) electrons. The summed E-state index contributed by atoms with van der Waals surface area (Å²) in [4.78, 5) is 36.2. The molecule has 0 aromatic heterocycles. The summed E-state index contributed by atoms with van der Waals surface area (Å²) in [6.45, 7) is 2.46. The zero-order valence-corrected chi connectivity index (χ0v) is 15.1. The maximum Gasteiger partial charge on any atom is 0.313 e. The van der Waals surface area contributed by atoms with Gasteiger partial charge in [0.05, 0.1) is 11.3 Å². The van der Waals surface area contributed by atoms with Crippen LogP contribution in [0.3, 0.4) is 0 Å². The standard InChI is InChI=1S/C20H23N3O4/c1-14-7-9-15(10-8-14)13-22-18(25)16-5-2-3-6-17(16)23-20(27)19(26)21-11-4-12-24/h2-3,5-10,24H,4,11-13H2,1H3,(H,21,26)(H,22,25)(H,23,27). The summed E-state index contributed by atoms with van der Waals surface area (Å²) in [7, 11) is 0. The fourth-order valence-corrected chi connectivity index (χ4v) is 2.31. The van der Waals surface area contributed by atoms with Gasteiger partial charge >= 0.3 is 11.8 Å². The second kappa shape index (κ2) is 10.1. The van der Waals surface area contributed by atoms with Crippen molar-refractivity contribution >= 4 is 23.4 Å². The van der Waals surface area contributed by atoms with E-state index in [1.54, 1.807) is 24.3 Å². The highest BCUT2D eigenvalue weighted by Gasteiger charge is 2.17. The van der Waals surface area contributed by atoms with E-state index in [9.17, 15) is 14.4 Å².